The van der Waals surface area contributed by atoms with Crippen molar-refractivity contribution in [2.75, 3.05) is 24.0 Å². The molecule has 0 spiro atoms. The van der Waals surface area contributed by atoms with Crippen molar-refractivity contribution in [3.05, 3.63) is 45.1 Å². The molecule has 1 aliphatic carbocycles. The molecule has 0 saturated carbocycles. The molecular weight excluding hydrogens is 456 g/mol. The van der Waals surface area contributed by atoms with Gasteiger partial charge in [0.2, 0.25) is 0 Å². The van der Waals surface area contributed by atoms with Gasteiger partial charge in [0.1, 0.15) is 6.04 Å². The number of sulfonamides is 1. The molecule has 1 fully saturated rings. The number of hydrogen-bond donors (Lipinski definition) is 0. The summed E-state index contributed by atoms with van der Waals surface area (Å²) in [5.74, 6) is -0.128. The number of nitrogens with zero attached hydrogens (tertiary/aromatic N) is 2. The summed E-state index contributed by atoms with van der Waals surface area (Å²) in [6, 6.07) is 6.88. The maximum absolute atomic E-state index is 13.9. The van der Waals surface area contributed by atoms with Crippen molar-refractivity contribution in [1.29, 1.82) is 0 Å². The Morgan fingerprint density at radius 1 is 1.15 bits per heavy atom. The van der Waals surface area contributed by atoms with Crippen LogP contribution in [0.5, 0.6) is 0 Å². The van der Waals surface area contributed by atoms with E-state index in [9.17, 15) is 13.2 Å². The summed E-state index contributed by atoms with van der Waals surface area (Å²) < 4.78 is 34.9. The number of esters is 1. The van der Waals surface area contributed by atoms with Gasteiger partial charge < -0.3 is 4.74 Å². The van der Waals surface area contributed by atoms with Crippen LogP contribution in [0.25, 0.3) is 0 Å². The van der Waals surface area contributed by atoms with Gasteiger partial charge in [-0.05, 0) is 70.2 Å². The second kappa shape index (κ2) is 8.71. The Morgan fingerprint density at radius 3 is 2.58 bits per heavy atom. The molecule has 0 radical (unpaired) electrons. The molecule has 0 amide bonds. The predicted molar refractivity (Wildman–Crippen MR) is 130 cm³/mol. The Kier molecular flexibility index (Phi) is 6.04. The van der Waals surface area contributed by atoms with Crippen LogP contribution in [0.3, 0.4) is 0 Å². The van der Waals surface area contributed by atoms with Crippen LogP contribution < -0.4 is 4.31 Å². The minimum absolute atomic E-state index is 0.0622. The zero-order valence-electron chi connectivity index (χ0n) is 19.5. The van der Waals surface area contributed by atoms with Gasteiger partial charge in [0.05, 0.1) is 23.2 Å². The molecular formula is C25H32N2O4S2. The van der Waals surface area contributed by atoms with Gasteiger partial charge >= 0.3 is 5.97 Å². The lowest BCUT2D eigenvalue weighted by atomic mass is 9.90. The summed E-state index contributed by atoms with van der Waals surface area (Å²) >= 11 is 1.78. The maximum atomic E-state index is 13.9. The van der Waals surface area contributed by atoms with E-state index in [2.05, 4.69) is 11.8 Å². The van der Waals surface area contributed by atoms with Crippen LogP contribution in [-0.2, 0) is 32.4 Å². The molecule has 2 aliphatic heterocycles. The van der Waals surface area contributed by atoms with Crippen LogP contribution >= 0.6 is 11.3 Å². The number of anilines is 1. The highest BCUT2D eigenvalue weighted by Gasteiger charge is 2.52. The SMILES string of the molecule is CCOC(=O)[C@H]1C[C@@H]2CN(S(=O)(=O)c3ccc(C)cc3)c3c(sc4c3CCCC4)[C@@H]2N1CC. The van der Waals surface area contributed by atoms with Gasteiger partial charge in [0.25, 0.3) is 10.0 Å². The minimum Gasteiger partial charge on any atom is -0.465 e. The monoisotopic (exact) mass is 488 g/mol. The van der Waals surface area contributed by atoms with E-state index >= 15 is 0 Å². The fourth-order valence-electron chi connectivity index (χ4n) is 5.85. The second-order valence-corrected chi connectivity index (χ2v) is 12.3. The molecule has 1 aromatic heterocycles. The zero-order chi connectivity index (χ0) is 23.3. The third kappa shape index (κ3) is 3.70. The highest BCUT2D eigenvalue weighted by atomic mass is 32.2. The number of thiophene rings is 1. The minimum atomic E-state index is -3.70. The molecule has 178 valence electrons. The van der Waals surface area contributed by atoms with Crippen molar-refractivity contribution in [2.24, 2.45) is 5.92 Å². The quantitative estimate of drug-likeness (QED) is 0.582. The average Bonchev–Trinajstić information content (AvgIpc) is 3.37. The summed E-state index contributed by atoms with van der Waals surface area (Å²) in [6.07, 6.45) is 4.79. The van der Waals surface area contributed by atoms with Crippen LogP contribution in [0, 0.1) is 12.8 Å². The van der Waals surface area contributed by atoms with Crippen molar-refractivity contribution < 1.29 is 17.9 Å². The molecule has 1 aromatic carbocycles. The third-order valence-corrected chi connectivity index (χ3v) is 10.5. The smallest absolute Gasteiger partial charge is 0.323 e. The lowest BCUT2D eigenvalue weighted by molar-refractivity contribution is -0.148. The molecule has 2 aromatic rings. The van der Waals surface area contributed by atoms with Crippen molar-refractivity contribution >= 4 is 33.0 Å². The highest BCUT2D eigenvalue weighted by molar-refractivity contribution is 7.92. The van der Waals surface area contributed by atoms with Crippen molar-refractivity contribution in [3.8, 4) is 0 Å². The fourth-order valence-corrected chi connectivity index (χ4v) is 9.09. The zero-order valence-corrected chi connectivity index (χ0v) is 21.2. The first-order chi connectivity index (χ1) is 15.9. The molecule has 1 saturated heterocycles. The van der Waals surface area contributed by atoms with E-state index in [1.54, 1.807) is 27.8 Å². The van der Waals surface area contributed by atoms with Gasteiger partial charge in [-0.15, -0.1) is 11.3 Å². The summed E-state index contributed by atoms with van der Waals surface area (Å²) in [7, 11) is -3.70. The molecule has 0 N–H and O–H groups in total. The fraction of sp³-hybridized carbons (Fsp3) is 0.560. The first-order valence-corrected chi connectivity index (χ1v) is 14.3. The molecule has 0 bridgehead atoms. The largest absolute Gasteiger partial charge is 0.465 e. The van der Waals surface area contributed by atoms with Crippen LogP contribution in [0.15, 0.2) is 29.2 Å². The van der Waals surface area contributed by atoms with Crippen molar-refractivity contribution in [3.63, 3.8) is 0 Å². The Bertz CT molecular complexity index is 1160. The molecule has 8 heteroatoms. The Labute approximate surface area is 200 Å². The molecule has 0 unspecified atom stereocenters. The normalized spacial score (nSPS) is 24.8. The topological polar surface area (TPSA) is 66.9 Å². The molecule has 33 heavy (non-hydrogen) atoms. The Morgan fingerprint density at radius 2 is 1.88 bits per heavy atom. The van der Waals surface area contributed by atoms with Crippen LogP contribution in [0.4, 0.5) is 5.69 Å². The van der Waals surface area contributed by atoms with Crippen LogP contribution in [-0.4, -0.2) is 45.0 Å². The van der Waals surface area contributed by atoms with Gasteiger partial charge in [0.15, 0.2) is 0 Å². The number of likely N-dealkylation sites (N-methyl/N-ethyl adjacent to an activating group) is 1. The number of benzene rings is 1. The number of aryl methyl sites for hydroxylation is 2. The van der Waals surface area contributed by atoms with Crippen molar-refractivity contribution in [2.45, 2.75) is 69.9 Å². The first-order valence-electron chi connectivity index (χ1n) is 12.0. The number of ether oxygens (including phenoxy) is 1. The number of fused-ring (bicyclic) bond motifs is 5. The molecule has 3 heterocycles. The van der Waals surface area contributed by atoms with Gasteiger partial charge in [0, 0.05) is 22.2 Å². The standard InChI is InChI=1S/C25H32N2O4S2/c1-4-26-20(25(28)31-5-2)14-17-15-27(33(29,30)18-12-10-16(3)11-13-18)23-19-8-6-7-9-21(19)32-24(23)22(17)26/h10-13,17,20,22H,4-9,14-15H2,1-3H3/t17-,20-,22-/m1/s1. The number of rotatable bonds is 5. The molecule has 5 rings (SSSR count). The summed E-state index contributed by atoms with van der Waals surface area (Å²) in [5.41, 5.74) is 3.15. The van der Waals surface area contributed by atoms with E-state index in [0.29, 0.717) is 24.5 Å². The first kappa shape index (κ1) is 22.9. The van der Waals surface area contributed by atoms with E-state index in [1.165, 1.54) is 10.4 Å². The van der Waals surface area contributed by atoms with Gasteiger partial charge in [-0.3, -0.25) is 14.0 Å². The van der Waals surface area contributed by atoms with Crippen LogP contribution in [0.1, 0.15) is 60.0 Å². The van der Waals surface area contributed by atoms with Gasteiger partial charge in [-0.2, -0.15) is 0 Å². The number of carbonyl (C=O) groups excluding carboxylic acids is 1. The maximum Gasteiger partial charge on any atom is 0.323 e. The average molecular weight is 489 g/mol. The summed E-state index contributed by atoms with van der Waals surface area (Å²) in [4.78, 5) is 17.8. The summed E-state index contributed by atoms with van der Waals surface area (Å²) in [5, 5.41) is 0. The van der Waals surface area contributed by atoms with E-state index < -0.39 is 10.0 Å². The predicted octanol–water partition coefficient (Wildman–Crippen LogP) is 4.46. The Balaban J connectivity index is 1.63. The lowest BCUT2D eigenvalue weighted by Gasteiger charge is -2.39. The van der Waals surface area contributed by atoms with Gasteiger partial charge in [-0.1, -0.05) is 24.6 Å². The van der Waals surface area contributed by atoms with Gasteiger partial charge in [-0.25, -0.2) is 8.42 Å². The van der Waals surface area contributed by atoms with E-state index in [1.807, 2.05) is 26.0 Å². The van der Waals surface area contributed by atoms with E-state index in [-0.39, 0.29) is 24.0 Å². The van der Waals surface area contributed by atoms with Crippen LogP contribution in [0.2, 0.25) is 0 Å². The number of likely N-dealkylation sites (tertiary alicyclic amines) is 1. The van der Waals surface area contributed by atoms with E-state index in [0.717, 1.165) is 48.4 Å². The van der Waals surface area contributed by atoms with E-state index in [4.69, 9.17) is 4.74 Å². The molecule has 3 atom stereocenters. The molecule has 3 aliphatic rings. The third-order valence-electron chi connectivity index (χ3n) is 7.35. The second-order valence-electron chi connectivity index (χ2n) is 9.31. The lowest BCUT2D eigenvalue weighted by Crippen LogP contribution is -2.43. The summed E-state index contributed by atoms with van der Waals surface area (Å²) in [6.45, 7) is 7.37. The van der Waals surface area contributed by atoms with Crippen molar-refractivity contribution in [1.82, 2.24) is 4.90 Å². The highest BCUT2D eigenvalue weighted by Crippen LogP contribution is 2.55. The molecule has 6 nitrogen and oxygen atoms in total. The number of carbonyl (C=O) groups is 1. The Hall–Kier alpha value is -1.90. The number of hydrogen-bond acceptors (Lipinski definition) is 6.